The molecule has 0 radical (unpaired) electrons. The predicted octanol–water partition coefficient (Wildman–Crippen LogP) is 1.71. The van der Waals surface area contributed by atoms with Crippen LogP contribution in [0.25, 0.3) is 5.57 Å². The molecule has 0 spiro atoms. The molecule has 36 heavy (non-hydrogen) atoms. The third-order valence-electron chi connectivity index (χ3n) is 5.14. The van der Waals surface area contributed by atoms with Gasteiger partial charge in [0.2, 0.25) is 5.88 Å². The minimum atomic E-state index is -5.85. The maximum atomic E-state index is 13.2. The summed E-state index contributed by atoms with van der Waals surface area (Å²) in [6.07, 6.45) is 3.17. The number of hydrogen-bond donors (Lipinski definition) is 1. The van der Waals surface area contributed by atoms with Crippen molar-refractivity contribution >= 4 is 21.5 Å². The van der Waals surface area contributed by atoms with Crippen LogP contribution in [0.4, 0.5) is 23.4 Å². The molecule has 190 valence electrons. The number of aromatic nitrogens is 4. The highest BCUT2D eigenvalue weighted by Crippen LogP contribution is 2.26. The summed E-state index contributed by atoms with van der Waals surface area (Å²) in [7, 11) is -5.85. The van der Waals surface area contributed by atoms with Crippen LogP contribution in [0.15, 0.2) is 59.7 Å². The molecule has 4 rings (SSSR count). The Morgan fingerprint density at radius 1 is 1.11 bits per heavy atom. The molecule has 1 aromatic carbocycles. The number of aliphatic hydroxyl groups excluding tert-OH is 1. The molecule has 0 aliphatic carbocycles. The number of aliphatic hydroxyl groups is 1. The first-order valence-corrected chi connectivity index (χ1v) is 11.6. The van der Waals surface area contributed by atoms with E-state index in [2.05, 4.69) is 19.2 Å². The summed E-state index contributed by atoms with van der Waals surface area (Å²) >= 11 is 0. The summed E-state index contributed by atoms with van der Waals surface area (Å²) in [5.74, 6) is -0.970. The van der Waals surface area contributed by atoms with Gasteiger partial charge in [0.05, 0.1) is 18.8 Å². The van der Waals surface area contributed by atoms with Crippen molar-refractivity contribution in [1.82, 2.24) is 19.7 Å². The van der Waals surface area contributed by atoms with Crippen LogP contribution < -0.4 is 14.8 Å². The number of rotatable bonds is 6. The predicted molar refractivity (Wildman–Crippen MR) is 118 cm³/mol. The third-order valence-corrected chi connectivity index (χ3v) is 6.09. The van der Waals surface area contributed by atoms with E-state index in [1.807, 2.05) is 0 Å². The molecule has 1 unspecified atom stereocenters. The van der Waals surface area contributed by atoms with Crippen molar-refractivity contribution in [2.75, 3.05) is 18.0 Å². The molecule has 15 heteroatoms. The van der Waals surface area contributed by atoms with Crippen molar-refractivity contribution in [3.8, 4) is 5.88 Å². The quantitative estimate of drug-likeness (QED) is 0.290. The molecule has 0 saturated heterocycles. The lowest BCUT2D eigenvalue weighted by atomic mass is 9.97. The molecule has 3 aromatic rings. The minimum absolute atomic E-state index is 0.119. The largest absolute Gasteiger partial charge is 0.534 e. The Morgan fingerprint density at radius 2 is 1.83 bits per heavy atom. The van der Waals surface area contributed by atoms with E-state index in [0.29, 0.717) is 23.2 Å². The second kappa shape index (κ2) is 9.66. The smallest absolute Gasteiger partial charge is 0.387 e. The Balaban J connectivity index is 1.44. The summed E-state index contributed by atoms with van der Waals surface area (Å²) < 4.78 is 77.3. The van der Waals surface area contributed by atoms with Gasteiger partial charge in [-0.15, -0.1) is 0 Å². The van der Waals surface area contributed by atoms with E-state index in [9.17, 15) is 35.9 Å². The molecule has 1 N–H and O–H groups in total. The van der Waals surface area contributed by atoms with E-state index in [0.717, 1.165) is 16.9 Å². The third kappa shape index (κ3) is 5.52. The standard InChI is InChI=1S/C21H17F4N5O5S/c22-15-4-2-14(3-5-15)16-7-8-29(12-17(16)31)18-10-27-30(20(32)28-18)11-13-1-6-19(26-9-13)35-36(33,34)21(23,24)25/h1-7,9-10,17,31H,8,11-12H2. The molecule has 0 amide bonds. The average Bonchev–Trinajstić information content (AvgIpc) is 2.81. The maximum Gasteiger partial charge on any atom is 0.534 e. The van der Waals surface area contributed by atoms with Crippen molar-refractivity contribution < 1.29 is 35.3 Å². The lowest BCUT2D eigenvalue weighted by Crippen LogP contribution is -2.39. The fourth-order valence-electron chi connectivity index (χ4n) is 3.37. The van der Waals surface area contributed by atoms with Crippen LogP contribution in [0.1, 0.15) is 11.1 Å². The second-order valence-electron chi connectivity index (χ2n) is 7.63. The fraction of sp³-hybridized carbons (Fsp3) is 0.238. The Kier molecular flexibility index (Phi) is 6.77. The Bertz CT molecular complexity index is 1440. The summed E-state index contributed by atoms with van der Waals surface area (Å²) in [6, 6.07) is 7.83. The first-order chi connectivity index (χ1) is 16.9. The van der Waals surface area contributed by atoms with Gasteiger partial charge in [-0.3, -0.25) is 0 Å². The van der Waals surface area contributed by atoms with Crippen LogP contribution in [0.5, 0.6) is 5.88 Å². The van der Waals surface area contributed by atoms with Crippen molar-refractivity contribution in [2.24, 2.45) is 0 Å². The lowest BCUT2D eigenvalue weighted by molar-refractivity contribution is -0.0501. The Hall–Kier alpha value is -3.85. The SMILES string of the molecule is O=c1nc(N2CC=C(c3ccc(F)cc3)C(O)C2)cnn1Cc1ccc(OS(=O)(=O)C(F)(F)F)nc1. The topological polar surface area (TPSA) is 128 Å². The van der Waals surface area contributed by atoms with Crippen LogP contribution in [0.3, 0.4) is 0 Å². The van der Waals surface area contributed by atoms with Crippen molar-refractivity contribution in [3.63, 3.8) is 0 Å². The number of anilines is 1. The average molecular weight is 527 g/mol. The van der Waals surface area contributed by atoms with Gasteiger partial charge in [0.1, 0.15) is 5.82 Å². The molecular weight excluding hydrogens is 510 g/mol. The molecule has 0 bridgehead atoms. The molecular formula is C21H17F4N5O5S. The van der Waals surface area contributed by atoms with E-state index in [1.54, 1.807) is 23.1 Å². The zero-order valence-corrected chi connectivity index (χ0v) is 18.9. The molecule has 0 fully saturated rings. The van der Waals surface area contributed by atoms with Crippen molar-refractivity contribution in [2.45, 2.75) is 18.2 Å². The van der Waals surface area contributed by atoms with E-state index in [4.69, 9.17) is 0 Å². The van der Waals surface area contributed by atoms with Crippen LogP contribution in [-0.4, -0.2) is 58.0 Å². The van der Waals surface area contributed by atoms with E-state index in [1.165, 1.54) is 24.4 Å². The lowest BCUT2D eigenvalue weighted by Gasteiger charge is -2.31. The monoisotopic (exact) mass is 527 g/mol. The molecule has 1 aliphatic heterocycles. The van der Waals surface area contributed by atoms with Crippen LogP contribution in [0, 0.1) is 5.82 Å². The summed E-state index contributed by atoms with van der Waals surface area (Å²) in [6.45, 7) is 0.282. The van der Waals surface area contributed by atoms with Gasteiger partial charge >= 0.3 is 21.3 Å². The van der Waals surface area contributed by atoms with Gasteiger partial charge in [-0.05, 0) is 28.8 Å². The van der Waals surface area contributed by atoms with Gasteiger partial charge in [-0.1, -0.05) is 24.3 Å². The highest BCUT2D eigenvalue weighted by atomic mass is 32.2. The number of hydrogen-bond acceptors (Lipinski definition) is 9. The van der Waals surface area contributed by atoms with Crippen molar-refractivity contribution in [1.29, 1.82) is 0 Å². The zero-order valence-electron chi connectivity index (χ0n) is 18.1. The second-order valence-corrected chi connectivity index (χ2v) is 9.17. The highest BCUT2D eigenvalue weighted by molar-refractivity contribution is 7.87. The van der Waals surface area contributed by atoms with Gasteiger partial charge in [-0.2, -0.15) is 31.7 Å². The summed E-state index contributed by atoms with van der Waals surface area (Å²) in [5.41, 5.74) is -4.73. The molecule has 0 saturated carbocycles. The fourth-order valence-corrected chi connectivity index (χ4v) is 3.79. The van der Waals surface area contributed by atoms with Crippen LogP contribution >= 0.6 is 0 Å². The zero-order chi connectivity index (χ0) is 26.1. The number of halogens is 4. The Labute approximate surface area is 201 Å². The highest BCUT2D eigenvalue weighted by Gasteiger charge is 2.48. The first kappa shape index (κ1) is 25.2. The number of alkyl halides is 3. The first-order valence-electron chi connectivity index (χ1n) is 10.2. The van der Waals surface area contributed by atoms with Gasteiger partial charge < -0.3 is 14.2 Å². The van der Waals surface area contributed by atoms with Crippen molar-refractivity contribution in [3.05, 3.63) is 82.3 Å². The van der Waals surface area contributed by atoms with E-state index >= 15 is 0 Å². The van der Waals surface area contributed by atoms with Crippen LogP contribution in [0.2, 0.25) is 0 Å². The number of benzene rings is 1. The van der Waals surface area contributed by atoms with E-state index in [-0.39, 0.29) is 18.9 Å². The molecule has 3 heterocycles. The van der Waals surface area contributed by atoms with Gasteiger partial charge in [0, 0.05) is 25.4 Å². The number of β-amino-alcohol motifs (C(OH)–C–C–N with tert-alkyl or cyclic N) is 1. The molecule has 1 atom stereocenters. The summed E-state index contributed by atoms with van der Waals surface area (Å²) in [4.78, 5) is 21.6. The van der Waals surface area contributed by atoms with Crippen LogP contribution in [-0.2, 0) is 16.7 Å². The number of pyridine rings is 1. The molecule has 1 aliphatic rings. The van der Waals surface area contributed by atoms with Gasteiger partial charge in [0.15, 0.2) is 5.82 Å². The molecule has 2 aromatic heterocycles. The molecule has 10 nitrogen and oxygen atoms in total. The van der Waals surface area contributed by atoms with E-state index < -0.39 is 39.1 Å². The Morgan fingerprint density at radius 3 is 2.42 bits per heavy atom. The summed E-state index contributed by atoms with van der Waals surface area (Å²) in [5, 5.41) is 14.6. The van der Waals surface area contributed by atoms with Gasteiger partial charge in [-0.25, -0.2) is 18.9 Å². The normalized spacial score (nSPS) is 16.5. The van der Waals surface area contributed by atoms with Gasteiger partial charge in [0.25, 0.3) is 0 Å². The number of nitrogens with zero attached hydrogens (tertiary/aromatic N) is 5. The maximum absolute atomic E-state index is 13.2. The minimum Gasteiger partial charge on any atom is -0.387 e.